The maximum Gasteiger partial charge on any atom is 0.262 e. The molecular formula is C14H10ClFNO4S-. The van der Waals surface area contributed by atoms with E-state index >= 15 is 0 Å². The van der Waals surface area contributed by atoms with Crippen molar-refractivity contribution in [2.24, 2.45) is 0 Å². The van der Waals surface area contributed by atoms with Crippen LogP contribution >= 0.6 is 11.6 Å². The monoisotopic (exact) mass is 342 g/mol. The molecule has 0 fully saturated rings. The summed E-state index contributed by atoms with van der Waals surface area (Å²) < 4.78 is 40.3. The van der Waals surface area contributed by atoms with Gasteiger partial charge in [-0.15, -0.1) is 0 Å². The molecule has 5 nitrogen and oxygen atoms in total. The number of carboxylic acid groups (broad SMARTS) is 1. The van der Waals surface area contributed by atoms with Gasteiger partial charge in [0.25, 0.3) is 10.0 Å². The Kier molecular flexibility index (Phi) is 4.39. The van der Waals surface area contributed by atoms with Crippen LogP contribution in [0.25, 0.3) is 0 Å². The second-order valence-corrected chi connectivity index (χ2v) is 6.58. The quantitative estimate of drug-likeness (QED) is 0.920. The summed E-state index contributed by atoms with van der Waals surface area (Å²) in [7, 11) is -4.18. The van der Waals surface area contributed by atoms with Crippen molar-refractivity contribution < 1.29 is 22.7 Å². The van der Waals surface area contributed by atoms with Gasteiger partial charge in [0.2, 0.25) is 0 Å². The molecule has 0 aliphatic carbocycles. The maximum atomic E-state index is 13.6. The second-order valence-electron chi connectivity index (χ2n) is 4.50. The van der Waals surface area contributed by atoms with E-state index in [4.69, 9.17) is 11.6 Å². The molecule has 0 radical (unpaired) electrons. The van der Waals surface area contributed by atoms with Gasteiger partial charge in [-0.2, -0.15) is 0 Å². The lowest BCUT2D eigenvalue weighted by atomic mass is 10.1. The van der Waals surface area contributed by atoms with Crippen LogP contribution in [0.1, 0.15) is 15.9 Å². The molecule has 0 heterocycles. The molecule has 0 unspecified atom stereocenters. The standard InChI is InChI=1S/C14H11ClFNO4S/c1-8-2-3-9(14(18)19)6-13(8)22(20,21)17-12-7-10(15)4-5-11(12)16/h2-7,17H,1H3,(H,18,19)/p-1. The van der Waals surface area contributed by atoms with Crippen molar-refractivity contribution >= 4 is 33.3 Å². The van der Waals surface area contributed by atoms with Gasteiger partial charge in [0.1, 0.15) is 5.82 Å². The number of carboxylic acids is 1. The summed E-state index contributed by atoms with van der Waals surface area (Å²) in [5.74, 6) is -2.31. The first-order chi connectivity index (χ1) is 10.2. The number of nitrogens with one attached hydrogen (secondary N) is 1. The lowest BCUT2D eigenvalue weighted by Crippen LogP contribution is -2.23. The molecule has 8 heteroatoms. The number of sulfonamides is 1. The fourth-order valence-electron chi connectivity index (χ4n) is 1.79. The molecule has 0 saturated carbocycles. The smallest absolute Gasteiger partial charge is 0.262 e. The highest BCUT2D eigenvalue weighted by atomic mass is 35.5. The molecule has 0 bridgehead atoms. The molecule has 22 heavy (non-hydrogen) atoms. The normalized spacial score (nSPS) is 11.2. The Morgan fingerprint density at radius 2 is 1.91 bits per heavy atom. The van der Waals surface area contributed by atoms with Crippen LogP contribution in [0.4, 0.5) is 10.1 Å². The molecule has 116 valence electrons. The SMILES string of the molecule is Cc1ccc(C(=O)[O-])cc1S(=O)(=O)Nc1cc(Cl)ccc1F. The lowest BCUT2D eigenvalue weighted by Gasteiger charge is -2.13. The number of hydrogen-bond acceptors (Lipinski definition) is 4. The van der Waals surface area contributed by atoms with Crippen molar-refractivity contribution in [2.45, 2.75) is 11.8 Å². The van der Waals surface area contributed by atoms with Crippen molar-refractivity contribution in [1.29, 1.82) is 0 Å². The third-order valence-electron chi connectivity index (χ3n) is 2.89. The van der Waals surface area contributed by atoms with Crippen molar-refractivity contribution in [1.82, 2.24) is 0 Å². The van der Waals surface area contributed by atoms with Crippen LogP contribution in [0, 0.1) is 12.7 Å². The molecule has 0 aliphatic heterocycles. The first-order valence-electron chi connectivity index (χ1n) is 6.00. The van der Waals surface area contributed by atoms with Crippen LogP contribution < -0.4 is 9.83 Å². The first kappa shape index (κ1) is 16.3. The number of rotatable bonds is 4. The van der Waals surface area contributed by atoms with Gasteiger partial charge >= 0.3 is 0 Å². The van der Waals surface area contributed by atoms with Crippen molar-refractivity contribution in [3.8, 4) is 0 Å². The van der Waals surface area contributed by atoms with Gasteiger partial charge in [0, 0.05) is 5.02 Å². The van der Waals surface area contributed by atoms with E-state index in [0.29, 0.717) is 5.56 Å². The van der Waals surface area contributed by atoms with Crippen LogP contribution in [0.15, 0.2) is 41.3 Å². The largest absolute Gasteiger partial charge is 0.545 e. The number of aromatic carboxylic acids is 1. The van der Waals surface area contributed by atoms with E-state index in [2.05, 4.69) is 4.72 Å². The Morgan fingerprint density at radius 3 is 2.55 bits per heavy atom. The Hall–Kier alpha value is -2.12. The van der Waals surface area contributed by atoms with Crippen molar-refractivity contribution in [3.63, 3.8) is 0 Å². The third-order valence-corrected chi connectivity index (χ3v) is 4.63. The lowest BCUT2D eigenvalue weighted by molar-refractivity contribution is -0.255. The molecule has 2 aromatic carbocycles. The fourth-order valence-corrected chi connectivity index (χ4v) is 3.29. The second kappa shape index (κ2) is 5.94. The number of carbonyl (C=O) groups excluding carboxylic acids is 1. The van der Waals surface area contributed by atoms with Crippen LogP contribution in [-0.4, -0.2) is 14.4 Å². The highest BCUT2D eigenvalue weighted by molar-refractivity contribution is 7.92. The topological polar surface area (TPSA) is 86.3 Å². The summed E-state index contributed by atoms with van der Waals surface area (Å²) in [6, 6.07) is 6.92. The van der Waals surface area contributed by atoms with Gasteiger partial charge in [-0.3, -0.25) is 4.72 Å². The van der Waals surface area contributed by atoms with E-state index in [9.17, 15) is 22.7 Å². The Bertz CT molecular complexity index is 852. The zero-order chi connectivity index (χ0) is 16.5. The molecule has 0 saturated heterocycles. The number of anilines is 1. The Morgan fingerprint density at radius 1 is 1.23 bits per heavy atom. The summed E-state index contributed by atoms with van der Waals surface area (Å²) >= 11 is 5.70. The highest BCUT2D eigenvalue weighted by Gasteiger charge is 2.19. The minimum atomic E-state index is -4.18. The van der Waals surface area contributed by atoms with E-state index in [0.717, 1.165) is 18.2 Å². The van der Waals surface area contributed by atoms with Gasteiger partial charge in [0.15, 0.2) is 0 Å². The number of benzene rings is 2. The summed E-state index contributed by atoms with van der Waals surface area (Å²) in [4.78, 5) is 10.6. The van der Waals surface area contributed by atoms with E-state index in [1.165, 1.54) is 25.1 Å². The van der Waals surface area contributed by atoms with Gasteiger partial charge in [-0.1, -0.05) is 23.7 Å². The maximum absolute atomic E-state index is 13.6. The molecular weight excluding hydrogens is 333 g/mol. The molecule has 1 N–H and O–H groups in total. The van der Waals surface area contributed by atoms with Crippen LogP contribution in [0.3, 0.4) is 0 Å². The van der Waals surface area contributed by atoms with Gasteiger partial charge in [-0.05, 0) is 42.3 Å². The molecule has 0 aliphatic rings. The summed E-state index contributed by atoms with van der Waals surface area (Å²) in [6.45, 7) is 1.49. The average molecular weight is 343 g/mol. The number of aryl methyl sites for hydroxylation is 1. The summed E-state index contributed by atoms with van der Waals surface area (Å²) in [5, 5.41) is 11.0. The molecule has 2 aromatic rings. The minimum Gasteiger partial charge on any atom is -0.545 e. The third kappa shape index (κ3) is 3.37. The van der Waals surface area contributed by atoms with Gasteiger partial charge in [-0.25, -0.2) is 12.8 Å². The summed E-state index contributed by atoms with van der Waals surface area (Å²) in [6.07, 6.45) is 0. The summed E-state index contributed by atoms with van der Waals surface area (Å²) in [5.41, 5.74) is -0.316. The van der Waals surface area contributed by atoms with E-state index < -0.39 is 21.8 Å². The zero-order valence-corrected chi connectivity index (χ0v) is 12.8. The molecule has 0 amide bonds. The molecule has 0 aromatic heterocycles. The van der Waals surface area contributed by atoms with Crippen molar-refractivity contribution in [3.05, 3.63) is 58.4 Å². The number of carbonyl (C=O) groups is 1. The molecule has 2 rings (SSSR count). The molecule has 0 spiro atoms. The van der Waals surface area contributed by atoms with Crippen molar-refractivity contribution in [2.75, 3.05) is 4.72 Å². The van der Waals surface area contributed by atoms with E-state index in [-0.39, 0.29) is 21.2 Å². The average Bonchev–Trinajstić information content (AvgIpc) is 2.42. The fraction of sp³-hybridized carbons (Fsp3) is 0.0714. The predicted octanol–water partition coefficient (Wildman–Crippen LogP) is 1.95. The first-order valence-corrected chi connectivity index (χ1v) is 7.86. The van der Waals surface area contributed by atoms with E-state index in [1.54, 1.807) is 0 Å². The van der Waals surface area contributed by atoms with Gasteiger partial charge < -0.3 is 9.90 Å². The van der Waals surface area contributed by atoms with E-state index in [1.807, 2.05) is 0 Å². The van der Waals surface area contributed by atoms with Crippen LogP contribution in [0.5, 0.6) is 0 Å². The van der Waals surface area contributed by atoms with Crippen LogP contribution in [0.2, 0.25) is 5.02 Å². The van der Waals surface area contributed by atoms with Crippen LogP contribution in [-0.2, 0) is 10.0 Å². The Labute approximate surface area is 131 Å². The minimum absolute atomic E-state index is 0.152. The number of hydrogen-bond donors (Lipinski definition) is 1. The predicted molar refractivity (Wildman–Crippen MR) is 77.7 cm³/mol. The number of halogens is 2. The Balaban J connectivity index is 2.49. The molecule has 0 atom stereocenters. The highest BCUT2D eigenvalue weighted by Crippen LogP contribution is 2.24. The zero-order valence-electron chi connectivity index (χ0n) is 11.3. The van der Waals surface area contributed by atoms with Gasteiger partial charge in [0.05, 0.1) is 16.6 Å².